The van der Waals surface area contributed by atoms with Gasteiger partial charge < -0.3 is 19.9 Å². The quantitative estimate of drug-likeness (QED) is 0.783. The van der Waals surface area contributed by atoms with Crippen LogP contribution in [0, 0.1) is 0 Å². The minimum absolute atomic E-state index is 0.206. The summed E-state index contributed by atoms with van der Waals surface area (Å²) in [6, 6.07) is 2.58. The van der Waals surface area contributed by atoms with Crippen LogP contribution in [-0.2, 0) is 0 Å². The predicted octanol–water partition coefficient (Wildman–Crippen LogP) is 1.24. The second-order valence-corrected chi connectivity index (χ2v) is 3.56. The summed E-state index contributed by atoms with van der Waals surface area (Å²) in [6.07, 6.45) is 0. The van der Waals surface area contributed by atoms with Crippen LogP contribution in [0.1, 0.15) is 17.3 Å². The van der Waals surface area contributed by atoms with Gasteiger partial charge in [0, 0.05) is 6.07 Å². The molecule has 0 aromatic heterocycles. The van der Waals surface area contributed by atoms with Crippen molar-refractivity contribution in [2.24, 2.45) is 5.73 Å². The number of nitrogens with two attached hydrogens (primary N) is 1. The second-order valence-electron chi connectivity index (χ2n) is 3.56. The molecule has 0 radical (unpaired) electrons. The topological polar surface area (TPSA) is 70.8 Å². The van der Waals surface area contributed by atoms with E-state index in [0.29, 0.717) is 22.8 Å². The Morgan fingerprint density at radius 3 is 1.94 bits per heavy atom. The molecule has 0 saturated heterocycles. The molecule has 0 aliphatic rings. The zero-order valence-corrected chi connectivity index (χ0v) is 10.4. The van der Waals surface area contributed by atoms with Gasteiger partial charge in [-0.25, -0.2) is 0 Å². The molecule has 0 spiro atoms. The molecule has 0 bridgehead atoms. The summed E-state index contributed by atoms with van der Waals surface area (Å²) in [6.45, 7) is 1.62. The van der Waals surface area contributed by atoms with Crippen molar-refractivity contribution in [1.29, 1.82) is 0 Å². The molecule has 1 rings (SSSR count). The maximum atomic E-state index is 11.9. The van der Waals surface area contributed by atoms with Gasteiger partial charge in [-0.05, 0) is 13.0 Å². The monoisotopic (exact) mass is 239 g/mol. The van der Waals surface area contributed by atoms with E-state index in [2.05, 4.69) is 0 Å². The van der Waals surface area contributed by atoms with Gasteiger partial charge in [-0.1, -0.05) is 0 Å². The van der Waals surface area contributed by atoms with Crippen molar-refractivity contribution >= 4 is 5.78 Å². The number of rotatable bonds is 5. The van der Waals surface area contributed by atoms with E-state index >= 15 is 0 Å². The van der Waals surface area contributed by atoms with Crippen LogP contribution >= 0.6 is 0 Å². The average Bonchev–Trinajstić information content (AvgIpc) is 2.35. The molecular formula is C12H17NO4. The van der Waals surface area contributed by atoms with Crippen LogP contribution in [0.15, 0.2) is 12.1 Å². The summed E-state index contributed by atoms with van der Waals surface area (Å²) in [4.78, 5) is 11.9. The first-order valence-corrected chi connectivity index (χ1v) is 5.15. The van der Waals surface area contributed by atoms with Crippen LogP contribution in [0.2, 0.25) is 0 Å². The summed E-state index contributed by atoms with van der Waals surface area (Å²) in [5.41, 5.74) is 5.97. The maximum absolute atomic E-state index is 11.9. The third-order valence-corrected chi connectivity index (χ3v) is 2.38. The van der Waals surface area contributed by atoms with E-state index < -0.39 is 6.04 Å². The largest absolute Gasteiger partial charge is 0.496 e. The molecule has 1 unspecified atom stereocenters. The van der Waals surface area contributed by atoms with Crippen LogP contribution < -0.4 is 19.9 Å². The molecule has 5 nitrogen and oxygen atoms in total. The van der Waals surface area contributed by atoms with Crippen molar-refractivity contribution in [1.82, 2.24) is 0 Å². The molecule has 1 atom stereocenters. The minimum atomic E-state index is -0.595. The molecule has 94 valence electrons. The van der Waals surface area contributed by atoms with Crippen LogP contribution in [0.4, 0.5) is 0 Å². The summed E-state index contributed by atoms with van der Waals surface area (Å²) in [7, 11) is 4.51. The van der Waals surface area contributed by atoms with Gasteiger partial charge in [0.25, 0.3) is 0 Å². The number of carbonyl (C=O) groups excluding carboxylic acids is 1. The molecule has 0 amide bonds. The van der Waals surface area contributed by atoms with Gasteiger partial charge in [0.2, 0.25) is 0 Å². The number of benzene rings is 1. The van der Waals surface area contributed by atoms with Gasteiger partial charge >= 0.3 is 0 Å². The first-order valence-electron chi connectivity index (χ1n) is 5.15. The Bertz CT molecular complexity index is 415. The molecule has 0 saturated carbocycles. The lowest BCUT2D eigenvalue weighted by Crippen LogP contribution is -2.27. The van der Waals surface area contributed by atoms with Crippen molar-refractivity contribution in [2.45, 2.75) is 13.0 Å². The van der Waals surface area contributed by atoms with Gasteiger partial charge in [0.1, 0.15) is 5.75 Å². The molecule has 1 aromatic rings. The highest BCUT2D eigenvalue weighted by Gasteiger charge is 2.19. The molecule has 2 N–H and O–H groups in total. The fourth-order valence-corrected chi connectivity index (χ4v) is 1.47. The van der Waals surface area contributed by atoms with E-state index in [0.717, 1.165) is 0 Å². The van der Waals surface area contributed by atoms with Crippen molar-refractivity contribution in [3.8, 4) is 17.2 Å². The van der Waals surface area contributed by atoms with E-state index in [1.165, 1.54) is 21.3 Å². The molecule has 0 fully saturated rings. The molecule has 0 heterocycles. The predicted molar refractivity (Wildman–Crippen MR) is 64.1 cm³/mol. The summed E-state index contributed by atoms with van der Waals surface area (Å²) in [5, 5.41) is 0. The van der Waals surface area contributed by atoms with Crippen LogP contribution in [-0.4, -0.2) is 33.2 Å². The molecule has 17 heavy (non-hydrogen) atoms. The van der Waals surface area contributed by atoms with Crippen LogP contribution in [0.5, 0.6) is 17.2 Å². The molecule has 1 aromatic carbocycles. The highest BCUT2D eigenvalue weighted by atomic mass is 16.5. The molecular weight excluding hydrogens is 222 g/mol. The van der Waals surface area contributed by atoms with Crippen molar-refractivity contribution in [3.05, 3.63) is 17.7 Å². The van der Waals surface area contributed by atoms with Crippen LogP contribution in [0.25, 0.3) is 0 Å². The number of carbonyl (C=O) groups is 1. The van der Waals surface area contributed by atoms with Crippen molar-refractivity contribution < 1.29 is 19.0 Å². The zero-order chi connectivity index (χ0) is 13.0. The third-order valence-electron chi connectivity index (χ3n) is 2.38. The highest BCUT2D eigenvalue weighted by molar-refractivity contribution is 6.02. The van der Waals surface area contributed by atoms with Gasteiger partial charge in [-0.3, -0.25) is 4.79 Å². The zero-order valence-electron chi connectivity index (χ0n) is 10.4. The lowest BCUT2D eigenvalue weighted by atomic mass is 10.0. The first kappa shape index (κ1) is 13.3. The second kappa shape index (κ2) is 5.54. The van der Waals surface area contributed by atoms with Gasteiger partial charge in [0.15, 0.2) is 17.3 Å². The summed E-state index contributed by atoms with van der Waals surface area (Å²) in [5.74, 6) is 1.19. The Balaban J connectivity index is 3.33. The van der Waals surface area contributed by atoms with Crippen LogP contribution in [0.3, 0.4) is 0 Å². The van der Waals surface area contributed by atoms with Gasteiger partial charge in [0.05, 0.1) is 32.9 Å². The average molecular weight is 239 g/mol. The Morgan fingerprint density at radius 1 is 1.06 bits per heavy atom. The van der Waals surface area contributed by atoms with E-state index in [1.807, 2.05) is 0 Å². The standard InChI is InChI=1S/C12H17NO4/c1-7(13)12(14)8-5-10(16-3)11(17-4)6-9(8)15-2/h5-7H,13H2,1-4H3. The minimum Gasteiger partial charge on any atom is -0.496 e. The fourth-order valence-electron chi connectivity index (χ4n) is 1.47. The van der Waals surface area contributed by atoms with E-state index in [4.69, 9.17) is 19.9 Å². The van der Waals surface area contributed by atoms with Crippen molar-refractivity contribution in [2.75, 3.05) is 21.3 Å². The number of methoxy groups -OCH3 is 3. The lowest BCUT2D eigenvalue weighted by molar-refractivity contribution is 0.0964. The SMILES string of the molecule is COc1cc(OC)c(C(=O)C(C)N)cc1OC. The van der Waals surface area contributed by atoms with E-state index in [1.54, 1.807) is 19.1 Å². The highest BCUT2D eigenvalue weighted by Crippen LogP contribution is 2.34. The molecule has 5 heteroatoms. The number of Topliss-reactive ketones (excluding diaryl/α,β-unsaturated/α-hetero) is 1. The molecule has 0 aliphatic heterocycles. The Kier molecular flexibility index (Phi) is 4.34. The Hall–Kier alpha value is -1.75. The number of ether oxygens (including phenoxy) is 3. The van der Waals surface area contributed by atoms with Gasteiger partial charge in [-0.2, -0.15) is 0 Å². The number of hydrogen-bond acceptors (Lipinski definition) is 5. The fraction of sp³-hybridized carbons (Fsp3) is 0.417. The summed E-state index contributed by atoms with van der Waals surface area (Å²) >= 11 is 0. The molecule has 0 aliphatic carbocycles. The smallest absolute Gasteiger partial charge is 0.183 e. The Labute approximate surface area is 100 Å². The normalized spacial score (nSPS) is 11.8. The number of ketones is 1. The van der Waals surface area contributed by atoms with E-state index in [9.17, 15) is 4.79 Å². The van der Waals surface area contributed by atoms with Crippen molar-refractivity contribution in [3.63, 3.8) is 0 Å². The first-order chi connectivity index (χ1) is 8.04. The van der Waals surface area contributed by atoms with E-state index in [-0.39, 0.29) is 5.78 Å². The third kappa shape index (κ3) is 2.68. The maximum Gasteiger partial charge on any atom is 0.183 e. The Morgan fingerprint density at radius 2 is 1.53 bits per heavy atom. The number of hydrogen-bond donors (Lipinski definition) is 1. The lowest BCUT2D eigenvalue weighted by Gasteiger charge is -2.14. The van der Waals surface area contributed by atoms with Gasteiger partial charge in [-0.15, -0.1) is 0 Å². The summed E-state index contributed by atoms with van der Waals surface area (Å²) < 4.78 is 15.4.